The molecule has 0 saturated carbocycles. The van der Waals surface area contributed by atoms with E-state index in [1.54, 1.807) is 12.1 Å². The van der Waals surface area contributed by atoms with Crippen molar-refractivity contribution in [2.45, 2.75) is 13.8 Å². The molecule has 0 bridgehead atoms. The van der Waals surface area contributed by atoms with Gasteiger partial charge in [0.05, 0.1) is 5.69 Å². The second kappa shape index (κ2) is 3.42. The lowest BCUT2D eigenvalue weighted by atomic mass is 10.2. The van der Waals surface area contributed by atoms with Crippen molar-refractivity contribution in [1.82, 2.24) is 4.57 Å². The Morgan fingerprint density at radius 3 is 2.20 bits per heavy atom. The van der Waals surface area contributed by atoms with E-state index in [0.29, 0.717) is 11.4 Å². The van der Waals surface area contributed by atoms with Crippen LogP contribution in [0.2, 0.25) is 0 Å². The molecule has 0 aliphatic rings. The Labute approximate surface area is 88.1 Å². The first-order valence-corrected chi connectivity index (χ1v) is 4.80. The number of rotatable bonds is 1. The predicted octanol–water partition coefficient (Wildman–Crippen LogP) is 2.82. The summed E-state index contributed by atoms with van der Waals surface area (Å²) >= 11 is 0. The van der Waals surface area contributed by atoms with Crippen LogP contribution in [0.1, 0.15) is 11.4 Å². The molecular formula is C12H13FN2. The molecule has 2 nitrogen and oxygen atoms in total. The van der Waals surface area contributed by atoms with Gasteiger partial charge in [0.1, 0.15) is 11.5 Å². The van der Waals surface area contributed by atoms with Gasteiger partial charge in [0.15, 0.2) is 0 Å². The zero-order chi connectivity index (χ0) is 11.0. The summed E-state index contributed by atoms with van der Waals surface area (Å²) < 4.78 is 15.5. The first-order valence-electron chi connectivity index (χ1n) is 4.80. The minimum Gasteiger partial charge on any atom is -0.397 e. The lowest BCUT2D eigenvalue weighted by Gasteiger charge is -2.12. The highest BCUT2D eigenvalue weighted by atomic mass is 19.1. The fourth-order valence-corrected chi connectivity index (χ4v) is 1.79. The number of hydrogen-bond donors (Lipinski definition) is 1. The van der Waals surface area contributed by atoms with Crippen molar-refractivity contribution in [3.8, 4) is 5.69 Å². The van der Waals surface area contributed by atoms with Crippen LogP contribution in [0.3, 0.4) is 0 Å². The average molecular weight is 204 g/mol. The van der Waals surface area contributed by atoms with Crippen molar-refractivity contribution in [3.63, 3.8) is 0 Å². The maximum atomic E-state index is 13.7. The molecule has 0 aliphatic heterocycles. The fraction of sp³-hybridized carbons (Fsp3) is 0.167. The molecule has 0 spiro atoms. The van der Waals surface area contributed by atoms with E-state index in [1.807, 2.05) is 30.5 Å². The number of benzene rings is 1. The smallest absolute Gasteiger partial charge is 0.149 e. The van der Waals surface area contributed by atoms with E-state index in [-0.39, 0.29) is 5.82 Å². The topological polar surface area (TPSA) is 30.9 Å². The van der Waals surface area contributed by atoms with Crippen LogP contribution in [0.25, 0.3) is 5.69 Å². The van der Waals surface area contributed by atoms with Gasteiger partial charge in [-0.1, -0.05) is 6.07 Å². The molecule has 3 heteroatoms. The summed E-state index contributed by atoms with van der Waals surface area (Å²) in [6.45, 7) is 3.86. The normalized spacial score (nSPS) is 10.6. The maximum Gasteiger partial charge on any atom is 0.149 e. The molecule has 2 rings (SSSR count). The van der Waals surface area contributed by atoms with Gasteiger partial charge in [-0.3, -0.25) is 0 Å². The Hall–Kier alpha value is -1.77. The van der Waals surface area contributed by atoms with Crippen molar-refractivity contribution in [2.24, 2.45) is 0 Å². The molecule has 2 aromatic rings. The van der Waals surface area contributed by atoms with Crippen molar-refractivity contribution in [3.05, 3.63) is 47.5 Å². The van der Waals surface area contributed by atoms with Gasteiger partial charge in [-0.25, -0.2) is 4.39 Å². The second-order valence-corrected chi connectivity index (χ2v) is 3.63. The van der Waals surface area contributed by atoms with E-state index in [0.717, 1.165) is 11.4 Å². The Bertz CT molecular complexity index is 461. The predicted molar refractivity (Wildman–Crippen MR) is 59.6 cm³/mol. The number of hydrogen-bond acceptors (Lipinski definition) is 1. The lowest BCUT2D eigenvalue weighted by Crippen LogP contribution is -2.05. The second-order valence-electron chi connectivity index (χ2n) is 3.63. The summed E-state index contributed by atoms with van der Waals surface area (Å²) in [6.07, 6.45) is 0. The van der Waals surface area contributed by atoms with Gasteiger partial charge >= 0.3 is 0 Å². The standard InChI is InChI=1S/C12H13FN2/c1-8-6-7-9(2)15(8)12-10(13)4-3-5-11(12)14/h3-7H,14H2,1-2H3. The van der Waals surface area contributed by atoms with Gasteiger partial charge in [-0.2, -0.15) is 0 Å². The number of aryl methyl sites for hydroxylation is 2. The van der Waals surface area contributed by atoms with Crippen LogP contribution in [-0.4, -0.2) is 4.57 Å². The summed E-state index contributed by atoms with van der Waals surface area (Å²) in [6, 6.07) is 8.63. The Morgan fingerprint density at radius 1 is 1.07 bits per heavy atom. The molecule has 0 amide bonds. The minimum atomic E-state index is -0.294. The lowest BCUT2D eigenvalue weighted by molar-refractivity contribution is 0.616. The molecule has 2 N–H and O–H groups in total. The monoisotopic (exact) mass is 204 g/mol. The van der Waals surface area contributed by atoms with Crippen molar-refractivity contribution in [2.75, 3.05) is 5.73 Å². The molecule has 0 unspecified atom stereocenters. The van der Waals surface area contributed by atoms with Crippen LogP contribution in [-0.2, 0) is 0 Å². The van der Waals surface area contributed by atoms with Crippen molar-refractivity contribution in [1.29, 1.82) is 0 Å². The first-order chi connectivity index (χ1) is 7.11. The van der Waals surface area contributed by atoms with Gasteiger partial charge in [-0.05, 0) is 38.1 Å². The molecule has 1 aromatic carbocycles. The molecule has 1 aromatic heterocycles. The molecule has 78 valence electrons. The number of nitrogen functional groups attached to an aromatic ring is 1. The van der Waals surface area contributed by atoms with E-state index in [1.165, 1.54) is 6.07 Å². The zero-order valence-corrected chi connectivity index (χ0v) is 8.79. The third-order valence-corrected chi connectivity index (χ3v) is 2.51. The van der Waals surface area contributed by atoms with Gasteiger partial charge in [0.25, 0.3) is 0 Å². The highest BCUT2D eigenvalue weighted by molar-refractivity contribution is 5.59. The SMILES string of the molecule is Cc1ccc(C)n1-c1c(N)cccc1F. The van der Waals surface area contributed by atoms with E-state index < -0.39 is 0 Å². The van der Waals surface area contributed by atoms with Gasteiger partial charge in [0, 0.05) is 11.4 Å². The number of para-hydroxylation sites is 1. The molecule has 1 heterocycles. The van der Waals surface area contributed by atoms with Gasteiger partial charge in [0.2, 0.25) is 0 Å². The molecule has 15 heavy (non-hydrogen) atoms. The average Bonchev–Trinajstić information content (AvgIpc) is 2.49. The summed E-state index contributed by atoms with van der Waals surface area (Å²) in [4.78, 5) is 0. The van der Waals surface area contributed by atoms with Crippen LogP contribution >= 0.6 is 0 Å². The molecular weight excluding hydrogens is 191 g/mol. The number of nitrogens with zero attached hydrogens (tertiary/aromatic N) is 1. The molecule has 0 fully saturated rings. The number of anilines is 1. The summed E-state index contributed by atoms with van der Waals surface area (Å²) in [7, 11) is 0. The van der Waals surface area contributed by atoms with Gasteiger partial charge < -0.3 is 10.3 Å². The third kappa shape index (κ3) is 1.50. The van der Waals surface area contributed by atoms with Gasteiger partial charge in [-0.15, -0.1) is 0 Å². The molecule has 0 aliphatic carbocycles. The number of aromatic nitrogens is 1. The van der Waals surface area contributed by atoms with Crippen molar-refractivity contribution >= 4 is 5.69 Å². The van der Waals surface area contributed by atoms with E-state index in [2.05, 4.69) is 0 Å². The quantitative estimate of drug-likeness (QED) is 0.711. The summed E-state index contributed by atoms with van der Waals surface area (Å²) in [5.41, 5.74) is 8.64. The van der Waals surface area contributed by atoms with Crippen LogP contribution in [0, 0.1) is 19.7 Å². The van der Waals surface area contributed by atoms with E-state index in [4.69, 9.17) is 5.73 Å². The highest BCUT2D eigenvalue weighted by Gasteiger charge is 2.11. The number of halogens is 1. The highest BCUT2D eigenvalue weighted by Crippen LogP contribution is 2.24. The fourth-order valence-electron chi connectivity index (χ4n) is 1.79. The van der Waals surface area contributed by atoms with Crippen molar-refractivity contribution < 1.29 is 4.39 Å². The molecule has 0 saturated heterocycles. The van der Waals surface area contributed by atoms with E-state index >= 15 is 0 Å². The zero-order valence-electron chi connectivity index (χ0n) is 8.79. The van der Waals surface area contributed by atoms with Crippen LogP contribution in [0.15, 0.2) is 30.3 Å². The summed E-state index contributed by atoms with van der Waals surface area (Å²) in [5.74, 6) is -0.294. The molecule has 0 atom stereocenters. The third-order valence-electron chi connectivity index (χ3n) is 2.51. The Balaban J connectivity index is 2.74. The minimum absolute atomic E-state index is 0.294. The van der Waals surface area contributed by atoms with Crippen LogP contribution in [0.4, 0.5) is 10.1 Å². The number of nitrogens with two attached hydrogens (primary N) is 1. The molecule has 0 radical (unpaired) electrons. The largest absolute Gasteiger partial charge is 0.397 e. The Morgan fingerprint density at radius 2 is 1.67 bits per heavy atom. The van der Waals surface area contributed by atoms with E-state index in [9.17, 15) is 4.39 Å². The Kier molecular flexibility index (Phi) is 2.23. The maximum absolute atomic E-state index is 13.7. The summed E-state index contributed by atoms with van der Waals surface area (Å²) in [5, 5.41) is 0. The first kappa shape index (κ1) is 9.77. The van der Waals surface area contributed by atoms with Crippen LogP contribution in [0.5, 0.6) is 0 Å². The van der Waals surface area contributed by atoms with Crippen LogP contribution < -0.4 is 5.73 Å².